The molecule has 19 heavy (non-hydrogen) atoms. The molecule has 0 spiro atoms. The van der Waals surface area contributed by atoms with Gasteiger partial charge in [0.2, 0.25) is 0 Å². The Hall–Kier alpha value is -1.04. The van der Waals surface area contributed by atoms with E-state index in [0.717, 1.165) is 12.1 Å². The Kier molecular flexibility index (Phi) is 5.01. The number of nitrogens with one attached hydrogen (secondary N) is 1. The van der Waals surface area contributed by atoms with Gasteiger partial charge in [-0.15, -0.1) is 11.3 Å². The molecule has 0 amide bonds. The fourth-order valence-electron chi connectivity index (χ4n) is 1.16. The SMILES string of the molecule is O=C(O)c1ccc(S(=O)(=O)NC(CO)(CO)CO)s1. The second kappa shape index (κ2) is 5.94. The molecule has 0 bridgehead atoms. The smallest absolute Gasteiger partial charge is 0.345 e. The highest BCUT2D eigenvalue weighted by atomic mass is 32.2. The summed E-state index contributed by atoms with van der Waals surface area (Å²) in [6.45, 7) is -2.43. The highest BCUT2D eigenvalue weighted by molar-refractivity contribution is 7.91. The van der Waals surface area contributed by atoms with Crippen molar-refractivity contribution in [3.63, 3.8) is 0 Å². The number of rotatable bonds is 7. The largest absolute Gasteiger partial charge is 0.477 e. The Morgan fingerprint density at radius 2 is 1.74 bits per heavy atom. The number of carboxylic acids is 1. The number of hydrogen-bond acceptors (Lipinski definition) is 7. The molecule has 0 atom stereocenters. The van der Waals surface area contributed by atoms with E-state index in [2.05, 4.69) is 0 Å². The van der Waals surface area contributed by atoms with Crippen LogP contribution in [0.5, 0.6) is 0 Å². The van der Waals surface area contributed by atoms with Crippen LogP contribution in [-0.4, -0.2) is 60.2 Å². The molecule has 1 rings (SSSR count). The molecule has 0 radical (unpaired) electrons. The van der Waals surface area contributed by atoms with E-state index in [4.69, 9.17) is 20.4 Å². The van der Waals surface area contributed by atoms with Crippen LogP contribution in [-0.2, 0) is 10.0 Å². The second-order valence-corrected chi connectivity index (χ2v) is 6.78. The molecule has 0 fully saturated rings. The average Bonchev–Trinajstić information content (AvgIpc) is 2.86. The van der Waals surface area contributed by atoms with E-state index in [1.54, 1.807) is 0 Å². The first kappa shape index (κ1) is 16.0. The quantitative estimate of drug-likeness (QED) is 0.409. The Bertz CT molecular complexity index is 538. The maximum Gasteiger partial charge on any atom is 0.345 e. The first-order valence-corrected chi connectivity index (χ1v) is 7.30. The maximum atomic E-state index is 11.9. The van der Waals surface area contributed by atoms with E-state index in [-0.39, 0.29) is 9.09 Å². The van der Waals surface area contributed by atoms with Gasteiger partial charge in [-0.25, -0.2) is 13.2 Å². The van der Waals surface area contributed by atoms with Crippen molar-refractivity contribution >= 4 is 27.3 Å². The van der Waals surface area contributed by atoms with Gasteiger partial charge in [-0.05, 0) is 12.1 Å². The summed E-state index contributed by atoms with van der Waals surface area (Å²) >= 11 is 0.525. The predicted molar refractivity (Wildman–Crippen MR) is 65.6 cm³/mol. The van der Waals surface area contributed by atoms with Gasteiger partial charge in [0, 0.05) is 0 Å². The zero-order chi connectivity index (χ0) is 14.7. The normalized spacial score (nSPS) is 12.6. The van der Waals surface area contributed by atoms with Gasteiger partial charge < -0.3 is 20.4 Å². The fourth-order valence-corrected chi connectivity index (χ4v) is 3.68. The van der Waals surface area contributed by atoms with Crippen LogP contribution in [0.1, 0.15) is 9.67 Å². The zero-order valence-electron chi connectivity index (χ0n) is 9.61. The molecular weight excluding hydrogens is 298 g/mol. The summed E-state index contributed by atoms with van der Waals surface area (Å²) in [4.78, 5) is 10.5. The fraction of sp³-hybridized carbons (Fsp3) is 0.444. The van der Waals surface area contributed by atoms with Crippen LogP contribution in [0, 0.1) is 0 Å². The highest BCUT2D eigenvalue weighted by Gasteiger charge is 2.34. The molecular formula is C9H13NO7S2. The summed E-state index contributed by atoms with van der Waals surface area (Å²) in [6.07, 6.45) is 0. The van der Waals surface area contributed by atoms with E-state index >= 15 is 0 Å². The summed E-state index contributed by atoms with van der Waals surface area (Å²) < 4.78 is 25.5. The van der Waals surface area contributed by atoms with Crippen molar-refractivity contribution < 1.29 is 33.6 Å². The number of carboxylic acid groups (broad SMARTS) is 1. The third-order valence-electron chi connectivity index (χ3n) is 2.32. The van der Waals surface area contributed by atoms with Crippen molar-refractivity contribution in [3.05, 3.63) is 17.0 Å². The maximum absolute atomic E-state index is 11.9. The second-order valence-electron chi connectivity index (χ2n) is 3.78. The Balaban J connectivity index is 3.06. The third-order valence-corrected chi connectivity index (χ3v) is 5.46. The molecule has 0 saturated carbocycles. The van der Waals surface area contributed by atoms with Crippen LogP contribution >= 0.6 is 11.3 Å². The third kappa shape index (κ3) is 3.49. The molecule has 108 valence electrons. The monoisotopic (exact) mass is 311 g/mol. The lowest BCUT2D eigenvalue weighted by Crippen LogP contribution is -2.56. The summed E-state index contributed by atoms with van der Waals surface area (Å²) in [5.74, 6) is -1.26. The van der Waals surface area contributed by atoms with Crippen molar-refractivity contribution in [1.82, 2.24) is 4.72 Å². The molecule has 0 aliphatic rings. The molecule has 0 aliphatic carbocycles. The van der Waals surface area contributed by atoms with E-state index in [0.29, 0.717) is 11.3 Å². The number of carbonyl (C=O) groups is 1. The van der Waals surface area contributed by atoms with Gasteiger partial charge in [0.05, 0.1) is 19.8 Å². The van der Waals surface area contributed by atoms with Gasteiger partial charge >= 0.3 is 5.97 Å². The van der Waals surface area contributed by atoms with Crippen LogP contribution in [0.2, 0.25) is 0 Å². The standard InChI is InChI=1S/C9H13NO7S2/c11-3-9(4-12,5-13)10-19(16,17)7-2-1-6(18-7)8(14)15/h1-2,10-13H,3-5H2,(H,14,15). The molecule has 0 aliphatic heterocycles. The minimum Gasteiger partial charge on any atom is -0.477 e. The molecule has 10 heteroatoms. The summed E-state index contributed by atoms with van der Waals surface area (Å²) in [5, 5.41) is 35.8. The lowest BCUT2D eigenvalue weighted by Gasteiger charge is -2.27. The number of aromatic carboxylic acids is 1. The van der Waals surface area contributed by atoms with Crippen LogP contribution in [0.4, 0.5) is 0 Å². The van der Waals surface area contributed by atoms with Crippen molar-refractivity contribution in [2.45, 2.75) is 9.75 Å². The lowest BCUT2D eigenvalue weighted by atomic mass is 10.1. The molecule has 8 nitrogen and oxygen atoms in total. The number of aliphatic hydroxyl groups is 3. The van der Waals surface area contributed by atoms with Crippen molar-refractivity contribution in [2.75, 3.05) is 19.8 Å². The van der Waals surface area contributed by atoms with Crippen LogP contribution in [0.25, 0.3) is 0 Å². The van der Waals surface area contributed by atoms with Gasteiger partial charge in [0.25, 0.3) is 10.0 Å². The Morgan fingerprint density at radius 1 is 1.21 bits per heavy atom. The van der Waals surface area contributed by atoms with E-state index in [9.17, 15) is 13.2 Å². The number of thiophene rings is 1. The molecule has 5 N–H and O–H groups in total. The van der Waals surface area contributed by atoms with Crippen molar-refractivity contribution in [2.24, 2.45) is 0 Å². The first-order valence-electron chi connectivity index (χ1n) is 5.00. The van der Waals surface area contributed by atoms with E-state index < -0.39 is 41.4 Å². The highest BCUT2D eigenvalue weighted by Crippen LogP contribution is 2.22. The van der Waals surface area contributed by atoms with E-state index in [1.165, 1.54) is 0 Å². The van der Waals surface area contributed by atoms with Gasteiger partial charge in [-0.1, -0.05) is 0 Å². The lowest BCUT2D eigenvalue weighted by molar-refractivity contribution is 0.0582. The van der Waals surface area contributed by atoms with Crippen LogP contribution in [0.15, 0.2) is 16.3 Å². The summed E-state index contributed by atoms with van der Waals surface area (Å²) in [7, 11) is -4.14. The van der Waals surface area contributed by atoms with E-state index in [1.807, 2.05) is 4.72 Å². The number of sulfonamides is 1. The van der Waals surface area contributed by atoms with Gasteiger partial charge in [0.1, 0.15) is 14.6 Å². The minimum absolute atomic E-state index is 0.164. The minimum atomic E-state index is -4.14. The van der Waals surface area contributed by atoms with Crippen molar-refractivity contribution in [1.29, 1.82) is 0 Å². The van der Waals surface area contributed by atoms with Crippen molar-refractivity contribution in [3.8, 4) is 0 Å². The molecule has 0 unspecified atom stereocenters. The first-order chi connectivity index (χ1) is 8.80. The van der Waals surface area contributed by atoms with Crippen LogP contribution < -0.4 is 4.72 Å². The molecule has 1 aromatic heterocycles. The molecule has 0 saturated heterocycles. The molecule has 1 aromatic rings. The van der Waals surface area contributed by atoms with Gasteiger partial charge in [0.15, 0.2) is 0 Å². The Labute approximate surface area is 113 Å². The predicted octanol–water partition coefficient (Wildman–Crippen LogP) is -1.56. The van der Waals surface area contributed by atoms with Gasteiger partial charge in [-0.3, -0.25) is 0 Å². The molecule has 1 heterocycles. The molecule has 0 aromatic carbocycles. The van der Waals surface area contributed by atoms with Crippen LogP contribution in [0.3, 0.4) is 0 Å². The van der Waals surface area contributed by atoms with Gasteiger partial charge in [-0.2, -0.15) is 4.72 Å². The summed E-state index contributed by atoms with van der Waals surface area (Å²) in [6, 6.07) is 2.22. The Morgan fingerprint density at radius 3 is 2.11 bits per heavy atom. The number of hydrogen-bond donors (Lipinski definition) is 5. The summed E-state index contributed by atoms with van der Waals surface area (Å²) in [5.41, 5.74) is -1.80. The topological polar surface area (TPSA) is 144 Å². The average molecular weight is 311 g/mol. The number of aliphatic hydroxyl groups excluding tert-OH is 3. The zero-order valence-corrected chi connectivity index (χ0v) is 11.2.